The summed E-state index contributed by atoms with van der Waals surface area (Å²) in [5.41, 5.74) is 7.32. The first kappa shape index (κ1) is 5.82. The van der Waals surface area contributed by atoms with E-state index in [0.717, 1.165) is 0 Å². The number of imidazole rings is 1. The van der Waals surface area contributed by atoms with Crippen molar-refractivity contribution in [2.45, 2.75) is 0 Å². The SMILES string of the molecule is [2H]c1c([2H])c([2H])c(-c2cnc3nc(N)n(C)c3c2)c([2H])c1[2H]. The van der Waals surface area contributed by atoms with Crippen molar-refractivity contribution in [1.82, 2.24) is 14.5 Å². The van der Waals surface area contributed by atoms with Crippen molar-refractivity contribution < 1.29 is 6.85 Å². The van der Waals surface area contributed by atoms with E-state index in [0.29, 0.717) is 22.7 Å². The highest BCUT2D eigenvalue weighted by molar-refractivity contribution is 5.80. The second-order valence-corrected chi connectivity index (χ2v) is 3.60. The van der Waals surface area contributed by atoms with Crippen LogP contribution in [0.4, 0.5) is 5.95 Å². The lowest BCUT2D eigenvalue weighted by atomic mass is 10.1. The number of anilines is 1. The molecule has 0 saturated carbocycles. The summed E-state index contributed by atoms with van der Waals surface area (Å²) >= 11 is 0. The molecular weight excluding hydrogens is 212 g/mol. The van der Waals surface area contributed by atoms with Gasteiger partial charge in [-0.15, -0.1) is 0 Å². The molecule has 2 heterocycles. The minimum Gasteiger partial charge on any atom is -0.369 e. The molecule has 0 unspecified atom stereocenters. The van der Waals surface area contributed by atoms with Gasteiger partial charge in [0.25, 0.3) is 0 Å². The Labute approximate surface area is 106 Å². The monoisotopic (exact) mass is 229 g/mol. The molecule has 4 heteroatoms. The molecule has 1 aromatic carbocycles. The van der Waals surface area contributed by atoms with Crippen LogP contribution >= 0.6 is 0 Å². The Morgan fingerprint density at radius 2 is 2.00 bits per heavy atom. The van der Waals surface area contributed by atoms with Crippen molar-refractivity contribution in [2.75, 3.05) is 5.73 Å². The standard InChI is InChI=1S/C13H12N4/c1-17-11-7-10(9-5-3-2-4-6-9)8-15-12(11)16-13(17)14/h2-8H,1H3,(H2,14,15,16)/i2D,3D,4D,5D,6D. The first-order valence-corrected chi connectivity index (χ1v) is 4.98. The van der Waals surface area contributed by atoms with Gasteiger partial charge in [-0.1, -0.05) is 30.2 Å². The maximum Gasteiger partial charge on any atom is 0.202 e. The average Bonchev–Trinajstić information content (AvgIpc) is 2.78. The van der Waals surface area contributed by atoms with E-state index < -0.39 is 6.04 Å². The van der Waals surface area contributed by atoms with Gasteiger partial charge in [-0.2, -0.15) is 4.98 Å². The second-order valence-electron chi connectivity index (χ2n) is 3.60. The second kappa shape index (κ2) is 3.59. The molecule has 0 aliphatic carbocycles. The molecule has 0 spiro atoms. The number of aromatic nitrogens is 3. The number of rotatable bonds is 1. The molecule has 2 N–H and O–H groups in total. The molecule has 17 heavy (non-hydrogen) atoms. The molecule has 0 radical (unpaired) electrons. The molecule has 0 aliphatic rings. The van der Waals surface area contributed by atoms with Crippen LogP contribution in [0.25, 0.3) is 22.3 Å². The first-order chi connectivity index (χ1) is 10.3. The molecule has 0 atom stereocenters. The zero-order chi connectivity index (χ0) is 16.2. The highest BCUT2D eigenvalue weighted by Gasteiger charge is 2.07. The molecule has 3 rings (SSSR count). The van der Waals surface area contributed by atoms with Crippen molar-refractivity contribution in [1.29, 1.82) is 0 Å². The predicted molar refractivity (Wildman–Crippen MR) is 68.4 cm³/mol. The summed E-state index contributed by atoms with van der Waals surface area (Å²) in [7, 11) is 1.72. The summed E-state index contributed by atoms with van der Waals surface area (Å²) in [5.74, 6) is 0.292. The van der Waals surface area contributed by atoms with Gasteiger partial charge < -0.3 is 10.3 Å². The van der Waals surface area contributed by atoms with Crippen LogP contribution in [0.3, 0.4) is 0 Å². The fourth-order valence-corrected chi connectivity index (χ4v) is 1.62. The minimum absolute atomic E-state index is 0.111. The average molecular weight is 229 g/mol. The number of nitrogen functional groups attached to an aromatic ring is 1. The molecule has 0 bridgehead atoms. The first-order valence-electron chi connectivity index (χ1n) is 7.48. The fraction of sp³-hybridized carbons (Fsp3) is 0.0769. The smallest absolute Gasteiger partial charge is 0.202 e. The van der Waals surface area contributed by atoms with Crippen molar-refractivity contribution >= 4 is 17.1 Å². The van der Waals surface area contributed by atoms with Crippen LogP contribution in [0.15, 0.2) is 42.5 Å². The maximum atomic E-state index is 7.99. The number of pyridine rings is 1. The van der Waals surface area contributed by atoms with Gasteiger partial charge in [0.1, 0.15) is 0 Å². The van der Waals surface area contributed by atoms with Gasteiger partial charge in [-0.25, -0.2) is 4.98 Å². The van der Waals surface area contributed by atoms with Crippen LogP contribution in [0.1, 0.15) is 6.85 Å². The van der Waals surface area contributed by atoms with Gasteiger partial charge in [0.15, 0.2) is 5.65 Å². The molecule has 0 amide bonds. The molecule has 3 aromatic rings. The van der Waals surface area contributed by atoms with Crippen LogP contribution in [0.2, 0.25) is 0 Å². The van der Waals surface area contributed by atoms with Crippen molar-refractivity contribution in [3.05, 3.63) is 42.5 Å². The zero-order valence-electron chi connectivity index (χ0n) is 14.1. The van der Waals surface area contributed by atoms with E-state index in [9.17, 15) is 0 Å². The molecule has 4 nitrogen and oxygen atoms in total. The number of nitrogens with zero attached hydrogens (tertiary/aromatic N) is 3. The van der Waals surface area contributed by atoms with E-state index >= 15 is 0 Å². The number of aryl methyl sites for hydroxylation is 1. The molecule has 0 fully saturated rings. The van der Waals surface area contributed by atoms with Crippen molar-refractivity contribution in [3.63, 3.8) is 0 Å². The Kier molecular flexibility index (Phi) is 1.23. The minimum atomic E-state index is -0.419. The number of hydrogen-bond acceptors (Lipinski definition) is 3. The van der Waals surface area contributed by atoms with Gasteiger partial charge in [0.2, 0.25) is 5.95 Å². The highest BCUT2D eigenvalue weighted by Crippen LogP contribution is 2.22. The van der Waals surface area contributed by atoms with Crippen LogP contribution in [-0.2, 0) is 7.05 Å². The Balaban J connectivity index is 2.35. The number of nitrogens with two attached hydrogens (primary N) is 1. The van der Waals surface area contributed by atoms with Crippen LogP contribution in [-0.4, -0.2) is 14.5 Å². The number of hydrogen-bond donors (Lipinski definition) is 1. The lowest BCUT2D eigenvalue weighted by molar-refractivity contribution is 0.965. The lowest BCUT2D eigenvalue weighted by Gasteiger charge is -2.01. The highest BCUT2D eigenvalue weighted by atomic mass is 15.2. The zero-order valence-corrected chi connectivity index (χ0v) is 9.07. The van der Waals surface area contributed by atoms with Gasteiger partial charge in [-0.05, 0) is 11.6 Å². The van der Waals surface area contributed by atoms with Crippen molar-refractivity contribution in [2.24, 2.45) is 7.05 Å². The fourth-order valence-electron chi connectivity index (χ4n) is 1.62. The number of fused-ring (bicyclic) bond motifs is 1. The Bertz CT molecular complexity index is 890. The van der Waals surface area contributed by atoms with Crippen LogP contribution < -0.4 is 5.73 Å². The predicted octanol–water partition coefficient (Wildman–Crippen LogP) is 2.22. The number of benzene rings is 1. The molecule has 0 aliphatic heterocycles. The van der Waals surface area contributed by atoms with E-state index in [1.165, 1.54) is 6.20 Å². The van der Waals surface area contributed by atoms with Gasteiger partial charge in [-0.3, -0.25) is 0 Å². The molecule has 84 valence electrons. The van der Waals surface area contributed by atoms with Crippen LogP contribution in [0.5, 0.6) is 0 Å². The summed E-state index contributed by atoms with van der Waals surface area (Å²) in [6.07, 6.45) is 1.43. The molecule has 0 saturated heterocycles. The normalized spacial score (nSPS) is 15.0. The van der Waals surface area contributed by atoms with E-state index in [-0.39, 0.29) is 29.7 Å². The van der Waals surface area contributed by atoms with Gasteiger partial charge in [0.05, 0.1) is 12.4 Å². The summed E-state index contributed by atoms with van der Waals surface area (Å²) in [4.78, 5) is 8.23. The molecule has 2 aromatic heterocycles. The quantitative estimate of drug-likeness (QED) is 0.696. The Morgan fingerprint density at radius 1 is 1.24 bits per heavy atom. The van der Waals surface area contributed by atoms with E-state index in [1.54, 1.807) is 17.7 Å². The Hall–Kier alpha value is -2.36. The largest absolute Gasteiger partial charge is 0.369 e. The summed E-state index contributed by atoms with van der Waals surface area (Å²) in [5, 5.41) is 0. The third kappa shape index (κ3) is 1.54. The lowest BCUT2D eigenvalue weighted by Crippen LogP contribution is -1.96. The summed E-state index contributed by atoms with van der Waals surface area (Å²) < 4.78 is 40.7. The van der Waals surface area contributed by atoms with Crippen molar-refractivity contribution in [3.8, 4) is 11.1 Å². The van der Waals surface area contributed by atoms with Crippen LogP contribution in [0, 0.1) is 0 Å². The maximum absolute atomic E-state index is 7.99. The van der Waals surface area contributed by atoms with E-state index in [1.807, 2.05) is 0 Å². The van der Waals surface area contributed by atoms with Gasteiger partial charge >= 0.3 is 0 Å². The third-order valence-electron chi connectivity index (χ3n) is 2.56. The molecular formula is C13H12N4. The van der Waals surface area contributed by atoms with E-state index in [4.69, 9.17) is 12.6 Å². The topological polar surface area (TPSA) is 56.7 Å². The van der Waals surface area contributed by atoms with Gasteiger partial charge in [0, 0.05) is 18.8 Å². The van der Waals surface area contributed by atoms with E-state index in [2.05, 4.69) is 9.97 Å². The summed E-state index contributed by atoms with van der Waals surface area (Å²) in [6.45, 7) is 0. The third-order valence-corrected chi connectivity index (χ3v) is 2.56. The summed E-state index contributed by atoms with van der Waals surface area (Å²) in [6, 6.07) is -0.0250. The Morgan fingerprint density at radius 3 is 2.76 bits per heavy atom.